The van der Waals surface area contributed by atoms with E-state index >= 15 is 0 Å². The number of hydrogen-bond acceptors (Lipinski definition) is 2. The topological polar surface area (TPSA) is 30.0 Å². The maximum atomic E-state index is 12.4. The fraction of sp³-hybridized carbons (Fsp3) is 0. The Hall–Kier alpha value is -0.770. The van der Waals surface area contributed by atoms with Gasteiger partial charge >= 0.3 is 0 Å². The molecule has 1 aromatic heterocycles. The highest BCUT2D eigenvalue weighted by Crippen LogP contribution is 2.11. The first-order chi connectivity index (χ1) is 4.74. The Morgan fingerprint density at radius 3 is 2.80 bits per heavy atom. The van der Waals surface area contributed by atoms with Crippen LogP contribution in [0.2, 0.25) is 0 Å². The molecule has 0 amide bonds. The summed E-state index contributed by atoms with van der Waals surface area (Å²) in [7, 11) is 0. The zero-order valence-corrected chi connectivity index (χ0v) is 6.43. The first-order valence-electron chi connectivity index (χ1n) is 2.51. The summed E-state index contributed by atoms with van der Waals surface area (Å²) in [6, 6.07) is 2.87. The van der Waals surface area contributed by atoms with Gasteiger partial charge in [-0.15, -0.1) is 0 Å². The van der Waals surface area contributed by atoms with Crippen LogP contribution in [-0.2, 0) is 0 Å². The molecule has 0 unspecified atom stereocenters. The average molecular weight is 204 g/mol. The molecule has 1 rings (SSSR count). The van der Waals surface area contributed by atoms with Crippen LogP contribution in [0.15, 0.2) is 16.6 Å². The molecule has 52 valence electrons. The molecule has 0 N–H and O–H groups in total. The Morgan fingerprint density at radius 2 is 2.30 bits per heavy atom. The van der Waals surface area contributed by atoms with Gasteiger partial charge in [-0.2, -0.15) is 4.39 Å². The first-order valence-corrected chi connectivity index (χ1v) is 3.30. The maximum Gasteiger partial charge on any atom is 0.227 e. The van der Waals surface area contributed by atoms with Gasteiger partial charge in [-0.1, -0.05) is 0 Å². The molecule has 0 radical (unpaired) electrons. The molecular formula is C6H3BrFNO. The summed E-state index contributed by atoms with van der Waals surface area (Å²) in [6.45, 7) is 0. The predicted octanol–water partition coefficient (Wildman–Crippen LogP) is 1.80. The summed E-state index contributed by atoms with van der Waals surface area (Å²) in [6.07, 6.45) is 0.496. The SMILES string of the molecule is O=Cc1ccc(Br)c(F)n1. The van der Waals surface area contributed by atoms with Crippen LogP contribution >= 0.6 is 15.9 Å². The van der Waals surface area contributed by atoms with Crippen LogP contribution in [0.4, 0.5) is 4.39 Å². The van der Waals surface area contributed by atoms with Gasteiger partial charge in [0.05, 0.1) is 4.47 Å². The molecule has 0 fully saturated rings. The highest BCUT2D eigenvalue weighted by molar-refractivity contribution is 9.10. The number of aromatic nitrogens is 1. The second-order valence-electron chi connectivity index (χ2n) is 1.63. The van der Waals surface area contributed by atoms with Crippen LogP contribution in [0.5, 0.6) is 0 Å². The smallest absolute Gasteiger partial charge is 0.227 e. The second-order valence-corrected chi connectivity index (χ2v) is 2.48. The molecule has 0 aliphatic carbocycles. The highest BCUT2D eigenvalue weighted by Gasteiger charge is 1.99. The van der Waals surface area contributed by atoms with Crippen molar-refractivity contribution in [3.63, 3.8) is 0 Å². The fourth-order valence-corrected chi connectivity index (χ4v) is 0.718. The molecule has 10 heavy (non-hydrogen) atoms. The van der Waals surface area contributed by atoms with Crippen molar-refractivity contribution in [1.29, 1.82) is 0 Å². The zero-order chi connectivity index (χ0) is 7.56. The normalized spacial score (nSPS) is 9.40. The van der Waals surface area contributed by atoms with Crippen molar-refractivity contribution in [3.8, 4) is 0 Å². The minimum atomic E-state index is -0.662. The molecule has 1 heterocycles. The van der Waals surface area contributed by atoms with E-state index in [4.69, 9.17) is 0 Å². The van der Waals surface area contributed by atoms with Crippen LogP contribution in [-0.4, -0.2) is 11.3 Å². The lowest BCUT2D eigenvalue weighted by atomic mass is 10.4. The van der Waals surface area contributed by atoms with Gasteiger partial charge in [-0.05, 0) is 28.1 Å². The molecule has 0 aromatic carbocycles. The Bertz CT molecular complexity index is 264. The summed E-state index contributed by atoms with van der Waals surface area (Å²) < 4.78 is 12.7. The highest BCUT2D eigenvalue weighted by atomic mass is 79.9. The summed E-state index contributed by atoms with van der Waals surface area (Å²) in [5, 5.41) is 0. The molecule has 0 atom stereocenters. The van der Waals surface area contributed by atoms with Crippen molar-refractivity contribution in [2.24, 2.45) is 0 Å². The molecule has 0 spiro atoms. The molecule has 0 bridgehead atoms. The molecule has 0 aliphatic heterocycles. The van der Waals surface area contributed by atoms with Gasteiger partial charge < -0.3 is 0 Å². The standard InChI is InChI=1S/C6H3BrFNO/c7-5-2-1-4(3-10)9-6(5)8/h1-3H. The Labute approximate surface area is 65.2 Å². The van der Waals surface area contributed by atoms with Gasteiger partial charge in [0, 0.05) is 0 Å². The quantitative estimate of drug-likeness (QED) is 0.515. The third-order valence-corrected chi connectivity index (χ3v) is 1.54. The van der Waals surface area contributed by atoms with Crippen LogP contribution < -0.4 is 0 Å². The van der Waals surface area contributed by atoms with E-state index in [1.54, 1.807) is 0 Å². The van der Waals surface area contributed by atoms with E-state index in [-0.39, 0.29) is 10.2 Å². The number of aldehydes is 1. The summed E-state index contributed by atoms with van der Waals surface area (Å²) in [4.78, 5) is 13.3. The van der Waals surface area contributed by atoms with Gasteiger partial charge in [0.2, 0.25) is 5.95 Å². The lowest BCUT2D eigenvalue weighted by Crippen LogP contribution is -1.90. The number of rotatable bonds is 1. The van der Waals surface area contributed by atoms with Gasteiger partial charge in [0.25, 0.3) is 0 Å². The van der Waals surface area contributed by atoms with E-state index in [0.29, 0.717) is 6.29 Å². The first kappa shape index (κ1) is 7.34. The summed E-state index contributed by atoms with van der Waals surface area (Å²) in [5.41, 5.74) is 0.0979. The molecule has 2 nitrogen and oxygen atoms in total. The van der Waals surface area contributed by atoms with E-state index < -0.39 is 5.95 Å². The lowest BCUT2D eigenvalue weighted by molar-refractivity contribution is 0.111. The monoisotopic (exact) mass is 203 g/mol. The molecule has 0 aliphatic rings. The van der Waals surface area contributed by atoms with Crippen LogP contribution in [0.1, 0.15) is 10.5 Å². The minimum absolute atomic E-state index is 0.0979. The number of nitrogens with zero attached hydrogens (tertiary/aromatic N) is 1. The van der Waals surface area contributed by atoms with Crippen LogP contribution in [0.3, 0.4) is 0 Å². The maximum absolute atomic E-state index is 12.4. The minimum Gasteiger partial charge on any atom is -0.296 e. The van der Waals surface area contributed by atoms with E-state index in [9.17, 15) is 9.18 Å². The van der Waals surface area contributed by atoms with Crippen LogP contribution in [0, 0.1) is 5.95 Å². The van der Waals surface area contributed by atoms with Crippen LogP contribution in [0.25, 0.3) is 0 Å². The van der Waals surface area contributed by atoms with Crippen molar-refractivity contribution >= 4 is 22.2 Å². The average Bonchev–Trinajstić information content (AvgIpc) is 1.95. The van der Waals surface area contributed by atoms with E-state index in [1.807, 2.05) is 0 Å². The number of hydrogen-bond donors (Lipinski definition) is 0. The molecule has 4 heteroatoms. The van der Waals surface area contributed by atoms with Gasteiger partial charge in [0.15, 0.2) is 6.29 Å². The molecule has 0 saturated carbocycles. The predicted molar refractivity (Wildman–Crippen MR) is 37.3 cm³/mol. The molecule has 1 aromatic rings. The van der Waals surface area contributed by atoms with Crippen molar-refractivity contribution in [2.45, 2.75) is 0 Å². The molecular weight excluding hydrogens is 201 g/mol. The third-order valence-electron chi connectivity index (χ3n) is 0.946. The zero-order valence-electron chi connectivity index (χ0n) is 4.84. The van der Waals surface area contributed by atoms with Gasteiger partial charge in [-0.25, -0.2) is 4.98 Å². The fourth-order valence-electron chi connectivity index (χ4n) is 0.497. The number of pyridine rings is 1. The van der Waals surface area contributed by atoms with E-state index in [1.165, 1.54) is 12.1 Å². The lowest BCUT2D eigenvalue weighted by Gasteiger charge is -1.91. The number of carbonyl (C=O) groups is 1. The molecule has 0 saturated heterocycles. The van der Waals surface area contributed by atoms with Crippen molar-refractivity contribution in [2.75, 3.05) is 0 Å². The Balaban J connectivity index is 3.16. The Kier molecular flexibility index (Phi) is 2.11. The van der Waals surface area contributed by atoms with Crippen molar-refractivity contribution < 1.29 is 9.18 Å². The summed E-state index contributed by atoms with van der Waals surface area (Å²) >= 11 is 2.91. The largest absolute Gasteiger partial charge is 0.296 e. The third kappa shape index (κ3) is 1.39. The van der Waals surface area contributed by atoms with Gasteiger partial charge in [-0.3, -0.25) is 4.79 Å². The Morgan fingerprint density at radius 1 is 1.60 bits per heavy atom. The number of carbonyl (C=O) groups excluding carboxylic acids is 1. The van der Waals surface area contributed by atoms with Crippen molar-refractivity contribution in [3.05, 3.63) is 28.2 Å². The van der Waals surface area contributed by atoms with Crippen molar-refractivity contribution in [1.82, 2.24) is 4.98 Å². The van der Waals surface area contributed by atoms with E-state index in [2.05, 4.69) is 20.9 Å². The summed E-state index contributed by atoms with van der Waals surface area (Å²) in [5.74, 6) is -0.662. The van der Waals surface area contributed by atoms with Gasteiger partial charge in [0.1, 0.15) is 5.69 Å². The number of halogens is 2. The van der Waals surface area contributed by atoms with E-state index in [0.717, 1.165) is 0 Å². The second kappa shape index (κ2) is 2.88.